The highest BCUT2D eigenvalue weighted by atomic mass is 14.2. The molecule has 0 radical (unpaired) electrons. The van der Waals surface area contributed by atoms with Gasteiger partial charge in [-0.1, -0.05) is 69.2 Å². The number of unbranched alkanes of at least 4 members (excludes halogenated alkanes) is 1. The summed E-state index contributed by atoms with van der Waals surface area (Å²) in [6.07, 6.45) is 9.12. The minimum absolute atomic E-state index is 0.758. The Morgan fingerprint density at radius 3 is 1.92 bits per heavy atom. The molecular weight excluding hydrogens is 300 g/mol. The average Bonchev–Trinajstić information content (AvgIpc) is 2.67. The molecule has 0 unspecified atom stereocenters. The number of hydrogen-bond acceptors (Lipinski definition) is 0. The van der Waals surface area contributed by atoms with Crippen molar-refractivity contribution in [2.45, 2.75) is 64.7 Å². The fourth-order valence-corrected chi connectivity index (χ4v) is 3.71. The van der Waals surface area contributed by atoms with Crippen LogP contribution in [0.25, 0.3) is 0 Å². The molecule has 2 aromatic rings. The van der Waals surface area contributed by atoms with Crippen LogP contribution in [0.4, 0.5) is 0 Å². The van der Waals surface area contributed by atoms with Crippen molar-refractivity contribution in [2.75, 3.05) is 0 Å². The molecule has 25 heavy (non-hydrogen) atoms. The van der Waals surface area contributed by atoms with Crippen LogP contribution in [0, 0.1) is 17.8 Å². The Bertz CT molecular complexity index is 701. The van der Waals surface area contributed by atoms with Gasteiger partial charge in [0.25, 0.3) is 0 Å². The second-order valence-electron chi connectivity index (χ2n) is 7.63. The van der Waals surface area contributed by atoms with Gasteiger partial charge >= 0.3 is 0 Å². The SMILES string of the molecule is CCCCc1ccc(C#Cc2ccc(C3CCC(C)CC3)cc2)cc1. The van der Waals surface area contributed by atoms with Gasteiger partial charge < -0.3 is 0 Å². The Labute approximate surface area is 153 Å². The second kappa shape index (κ2) is 8.91. The summed E-state index contributed by atoms with van der Waals surface area (Å²) >= 11 is 0. The summed E-state index contributed by atoms with van der Waals surface area (Å²) < 4.78 is 0. The predicted octanol–water partition coefficient (Wildman–Crippen LogP) is 6.72. The molecule has 0 nitrogen and oxygen atoms in total. The molecule has 1 aliphatic carbocycles. The molecule has 0 heteroatoms. The van der Waals surface area contributed by atoms with Gasteiger partial charge in [-0.2, -0.15) is 0 Å². The number of hydrogen-bond donors (Lipinski definition) is 0. The Balaban J connectivity index is 1.61. The van der Waals surface area contributed by atoms with Gasteiger partial charge in [0.15, 0.2) is 0 Å². The molecule has 1 saturated carbocycles. The van der Waals surface area contributed by atoms with Crippen molar-refractivity contribution in [2.24, 2.45) is 5.92 Å². The van der Waals surface area contributed by atoms with Crippen LogP contribution >= 0.6 is 0 Å². The second-order valence-corrected chi connectivity index (χ2v) is 7.63. The van der Waals surface area contributed by atoms with E-state index in [0.29, 0.717) is 0 Å². The van der Waals surface area contributed by atoms with Crippen LogP contribution in [0.1, 0.15) is 80.5 Å². The third kappa shape index (κ3) is 5.23. The number of rotatable bonds is 4. The van der Waals surface area contributed by atoms with Crippen molar-refractivity contribution >= 4 is 0 Å². The van der Waals surface area contributed by atoms with Gasteiger partial charge in [0, 0.05) is 11.1 Å². The van der Waals surface area contributed by atoms with Crippen molar-refractivity contribution in [1.82, 2.24) is 0 Å². The topological polar surface area (TPSA) is 0 Å². The molecule has 0 saturated heterocycles. The normalized spacial score (nSPS) is 19.9. The van der Waals surface area contributed by atoms with Crippen molar-refractivity contribution in [1.29, 1.82) is 0 Å². The van der Waals surface area contributed by atoms with Gasteiger partial charge in [0.1, 0.15) is 0 Å². The maximum atomic E-state index is 3.31. The highest BCUT2D eigenvalue weighted by molar-refractivity contribution is 5.44. The van der Waals surface area contributed by atoms with E-state index in [0.717, 1.165) is 23.0 Å². The van der Waals surface area contributed by atoms with Gasteiger partial charge in [-0.3, -0.25) is 0 Å². The van der Waals surface area contributed by atoms with Gasteiger partial charge in [0.05, 0.1) is 0 Å². The summed E-state index contributed by atoms with van der Waals surface area (Å²) in [4.78, 5) is 0. The van der Waals surface area contributed by atoms with Gasteiger partial charge in [0.2, 0.25) is 0 Å². The minimum atomic E-state index is 0.758. The van der Waals surface area contributed by atoms with E-state index in [1.165, 1.54) is 56.1 Å². The smallest absolute Gasteiger partial charge is 0.0249 e. The molecule has 0 N–H and O–H groups in total. The molecule has 0 spiro atoms. The first-order valence-electron chi connectivity index (χ1n) is 9.95. The summed E-state index contributed by atoms with van der Waals surface area (Å²) in [5.74, 6) is 8.28. The quantitative estimate of drug-likeness (QED) is 0.546. The van der Waals surface area contributed by atoms with Gasteiger partial charge in [-0.25, -0.2) is 0 Å². The first-order chi connectivity index (χ1) is 12.2. The lowest BCUT2D eigenvalue weighted by Gasteiger charge is -2.26. The van der Waals surface area contributed by atoms with Crippen molar-refractivity contribution in [3.8, 4) is 11.8 Å². The third-order valence-corrected chi connectivity index (χ3v) is 5.52. The van der Waals surface area contributed by atoms with E-state index in [9.17, 15) is 0 Å². The molecule has 0 aliphatic heterocycles. The maximum Gasteiger partial charge on any atom is 0.0249 e. The average molecular weight is 331 g/mol. The zero-order chi connectivity index (χ0) is 17.5. The van der Waals surface area contributed by atoms with Crippen molar-refractivity contribution in [3.63, 3.8) is 0 Å². The summed E-state index contributed by atoms with van der Waals surface area (Å²) in [6, 6.07) is 17.7. The number of benzene rings is 2. The number of aryl methyl sites for hydroxylation is 1. The summed E-state index contributed by atoms with van der Waals surface area (Å²) in [5, 5.41) is 0. The molecule has 2 aromatic carbocycles. The zero-order valence-corrected chi connectivity index (χ0v) is 15.7. The van der Waals surface area contributed by atoms with E-state index in [1.54, 1.807) is 0 Å². The molecule has 1 fully saturated rings. The van der Waals surface area contributed by atoms with E-state index < -0.39 is 0 Å². The van der Waals surface area contributed by atoms with Crippen LogP contribution in [0.3, 0.4) is 0 Å². The van der Waals surface area contributed by atoms with Crippen molar-refractivity contribution < 1.29 is 0 Å². The lowest BCUT2D eigenvalue weighted by atomic mass is 9.79. The van der Waals surface area contributed by atoms with Crippen LogP contribution in [0.2, 0.25) is 0 Å². The molecule has 0 heterocycles. The third-order valence-electron chi connectivity index (χ3n) is 5.52. The Hall–Kier alpha value is -2.00. The van der Waals surface area contributed by atoms with Crippen LogP contribution in [0.5, 0.6) is 0 Å². The fourth-order valence-electron chi connectivity index (χ4n) is 3.71. The van der Waals surface area contributed by atoms with Crippen molar-refractivity contribution in [3.05, 3.63) is 70.8 Å². The van der Waals surface area contributed by atoms with Gasteiger partial charge in [-0.05, 0) is 72.9 Å². The minimum Gasteiger partial charge on any atom is -0.0654 e. The monoisotopic (exact) mass is 330 g/mol. The molecule has 130 valence electrons. The highest BCUT2D eigenvalue weighted by Crippen LogP contribution is 2.35. The lowest BCUT2D eigenvalue weighted by Crippen LogP contribution is -2.10. The van der Waals surface area contributed by atoms with Crippen LogP contribution in [0.15, 0.2) is 48.5 Å². The first-order valence-corrected chi connectivity index (χ1v) is 9.95. The molecule has 1 aliphatic rings. The lowest BCUT2D eigenvalue weighted by molar-refractivity contribution is 0.348. The van der Waals surface area contributed by atoms with Crippen LogP contribution in [-0.4, -0.2) is 0 Å². The summed E-state index contributed by atoms with van der Waals surface area (Å²) in [7, 11) is 0. The van der Waals surface area contributed by atoms with E-state index in [2.05, 4.69) is 74.2 Å². The Kier molecular flexibility index (Phi) is 6.35. The molecule has 0 bridgehead atoms. The first kappa shape index (κ1) is 17.8. The van der Waals surface area contributed by atoms with Crippen LogP contribution < -0.4 is 0 Å². The molecule has 0 amide bonds. The fraction of sp³-hybridized carbons (Fsp3) is 0.440. The van der Waals surface area contributed by atoms with E-state index in [-0.39, 0.29) is 0 Å². The molecule has 0 atom stereocenters. The largest absolute Gasteiger partial charge is 0.0654 e. The van der Waals surface area contributed by atoms with Crippen LogP contribution in [-0.2, 0) is 6.42 Å². The maximum absolute atomic E-state index is 3.31. The summed E-state index contributed by atoms with van der Waals surface area (Å²) in [6.45, 7) is 4.62. The summed E-state index contributed by atoms with van der Waals surface area (Å²) in [5.41, 5.74) is 5.13. The zero-order valence-electron chi connectivity index (χ0n) is 15.7. The van der Waals surface area contributed by atoms with E-state index >= 15 is 0 Å². The Morgan fingerprint density at radius 2 is 1.36 bits per heavy atom. The Morgan fingerprint density at radius 1 is 0.800 bits per heavy atom. The predicted molar refractivity (Wildman–Crippen MR) is 108 cm³/mol. The van der Waals surface area contributed by atoms with E-state index in [4.69, 9.17) is 0 Å². The van der Waals surface area contributed by atoms with Gasteiger partial charge in [-0.15, -0.1) is 0 Å². The standard InChI is InChI=1S/C25H30/c1-3-4-5-21-8-10-22(11-9-21)12-13-23-14-18-25(19-15-23)24-16-6-20(2)7-17-24/h8-11,14-15,18-20,24H,3-7,16-17H2,1-2H3. The molecule has 0 aromatic heterocycles. The highest BCUT2D eigenvalue weighted by Gasteiger charge is 2.19. The molecule has 3 rings (SSSR count). The van der Waals surface area contributed by atoms with E-state index in [1.807, 2.05) is 0 Å². The molecular formula is C25H30.